The number of sulfonamides is 1. The Hall–Kier alpha value is -3.29. The molecule has 0 bridgehead atoms. The fourth-order valence-corrected chi connectivity index (χ4v) is 5.44. The van der Waals surface area contributed by atoms with E-state index in [9.17, 15) is 21.6 Å². The summed E-state index contributed by atoms with van der Waals surface area (Å²) in [5.41, 5.74) is -0.357. The first-order valence-electron chi connectivity index (χ1n) is 11.2. The van der Waals surface area contributed by atoms with E-state index in [-0.39, 0.29) is 23.4 Å². The number of hydrogen-bond donors (Lipinski definition) is 1. The number of alkyl halides is 3. The lowest BCUT2D eigenvalue weighted by Gasteiger charge is -2.30. The Morgan fingerprint density at radius 2 is 1.86 bits per heavy atom. The van der Waals surface area contributed by atoms with Gasteiger partial charge in [0.15, 0.2) is 0 Å². The SMILES string of the molecule is CS(=O)(=O)N1CCC(Nc2ncc(C(F)(F)F)c(-c3cn(-c4ccc5cccnc5c4Cl)cn3)n2)CC1. The van der Waals surface area contributed by atoms with Crippen molar-refractivity contribution < 1.29 is 21.6 Å². The minimum absolute atomic E-state index is 0.00305. The number of piperidine rings is 1. The zero-order valence-electron chi connectivity index (χ0n) is 19.4. The predicted molar refractivity (Wildman–Crippen MR) is 133 cm³/mol. The van der Waals surface area contributed by atoms with Crippen LogP contribution in [0, 0.1) is 0 Å². The molecule has 0 aliphatic carbocycles. The van der Waals surface area contributed by atoms with Crippen LogP contribution in [0.15, 0.2) is 49.2 Å². The third-order valence-electron chi connectivity index (χ3n) is 6.15. The van der Waals surface area contributed by atoms with Crippen molar-refractivity contribution in [3.05, 3.63) is 59.8 Å². The van der Waals surface area contributed by atoms with Gasteiger partial charge in [-0.2, -0.15) is 13.2 Å². The fraction of sp³-hybridized carbons (Fsp3) is 0.304. The molecule has 3 aromatic heterocycles. The molecule has 1 aliphatic rings. The van der Waals surface area contributed by atoms with Gasteiger partial charge in [0.2, 0.25) is 16.0 Å². The number of halogens is 4. The standard InChI is InChI=1S/C23H21ClF3N7O2S/c1-37(35,36)34-9-6-15(7-10-34)31-22-29-11-16(23(25,26)27)21(32-22)17-12-33(13-30-17)18-5-4-14-3-2-8-28-20(14)19(18)24/h2-5,8,11-13,15H,6-7,9-10H2,1H3,(H,29,31,32). The minimum atomic E-state index is -4.71. The quantitative estimate of drug-likeness (QED) is 0.392. The number of fused-ring (bicyclic) bond motifs is 1. The van der Waals surface area contributed by atoms with Crippen LogP contribution in [0.2, 0.25) is 5.02 Å². The van der Waals surface area contributed by atoms with E-state index in [1.54, 1.807) is 18.3 Å². The second-order valence-corrected chi connectivity index (χ2v) is 11.0. The van der Waals surface area contributed by atoms with Gasteiger partial charge in [0.25, 0.3) is 0 Å². The van der Waals surface area contributed by atoms with Gasteiger partial charge < -0.3 is 9.88 Å². The number of hydrogen-bond acceptors (Lipinski definition) is 7. The largest absolute Gasteiger partial charge is 0.420 e. The second kappa shape index (κ2) is 9.54. The molecule has 1 N–H and O–H groups in total. The molecule has 1 fully saturated rings. The summed E-state index contributed by atoms with van der Waals surface area (Å²) >= 11 is 6.54. The van der Waals surface area contributed by atoms with Crippen LogP contribution in [0.1, 0.15) is 18.4 Å². The summed E-state index contributed by atoms with van der Waals surface area (Å²) in [5.74, 6) is 0.00305. The molecule has 1 saturated heterocycles. The third-order valence-corrected chi connectivity index (χ3v) is 7.82. The van der Waals surface area contributed by atoms with Crippen LogP contribution in [0.4, 0.5) is 19.1 Å². The topological polar surface area (TPSA) is 106 Å². The van der Waals surface area contributed by atoms with Crippen LogP contribution in [0.3, 0.4) is 0 Å². The third kappa shape index (κ3) is 5.24. The summed E-state index contributed by atoms with van der Waals surface area (Å²) in [5, 5.41) is 4.19. The van der Waals surface area contributed by atoms with Gasteiger partial charge >= 0.3 is 6.18 Å². The number of rotatable bonds is 5. The van der Waals surface area contributed by atoms with Gasteiger partial charge in [-0.1, -0.05) is 23.7 Å². The molecule has 0 unspecified atom stereocenters. The molecule has 194 valence electrons. The smallest absolute Gasteiger partial charge is 0.351 e. The van der Waals surface area contributed by atoms with Crippen molar-refractivity contribution in [2.24, 2.45) is 0 Å². The molecule has 37 heavy (non-hydrogen) atoms. The normalized spacial score (nSPS) is 15.8. The van der Waals surface area contributed by atoms with Crippen molar-refractivity contribution in [3.63, 3.8) is 0 Å². The molecule has 14 heteroatoms. The maximum Gasteiger partial charge on any atom is 0.420 e. The maximum absolute atomic E-state index is 13.8. The van der Waals surface area contributed by atoms with Crippen molar-refractivity contribution in [1.29, 1.82) is 0 Å². The van der Waals surface area contributed by atoms with Gasteiger partial charge in [-0.15, -0.1) is 0 Å². The molecule has 0 spiro atoms. The van der Waals surface area contributed by atoms with Crippen LogP contribution in [0.25, 0.3) is 28.0 Å². The molecule has 5 rings (SSSR count). The highest BCUT2D eigenvalue weighted by molar-refractivity contribution is 7.88. The Balaban J connectivity index is 1.45. The summed E-state index contributed by atoms with van der Waals surface area (Å²) in [6.45, 7) is 0.603. The summed E-state index contributed by atoms with van der Waals surface area (Å²) in [7, 11) is -3.30. The fourth-order valence-electron chi connectivity index (χ4n) is 4.24. The Bertz CT molecular complexity index is 1570. The van der Waals surface area contributed by atoms with Crippen molar-refractivity contribution >= 4 is 38.5 Å². The van der Waals surface area contributed by atoms with Crippen LogP contribution < -0.4 is 5.32 Å². The number of pyridine rings is 1. The summed E-state index contributed by atoms with van der Waals surface area (Å²) in [6.07, 6.45) is 2.49. The predicted octanol–water partition coefficient (Wildman–Crippen LogP) is 4.39. The monoisotopic (exact) mass is 551 g/mol. The lowest BCUT2D eigenvalue weighted by molar-refractivity contribution is -0.137. The number of aromatic nitrogens is 5. The molecule has 4 aromatic rings. The van der Waals surface area contributed by atoms with E-state index >= 15 is 0 Å². The van der Waals surface area contributed by atoms with E-state index < -0.39 is 21.8 Å². The lowest BCUT2D eigenvalue weighted by Crippen LogP contribution is -2.42. The van der Waals surface area contributed by atoms with E-state index in [0.29, 0.717) is 42.2 Å². The molecule has 9 nitrogen and oxygen atoms in total. The summed E-state index contributed by atoms with van der Waals surface area (Å²) in [4.78, 5) is 16.5. The van der Waals surface area contributed by atoms with Gasteiger partial charge in [-0.25, -0.2) is 27.7 Å². The molecular weight excluding hydrogens is 531 g/mol. The Morgan fingerprint density at radius 3 is 2.57 bits per heavy atom. The molecule has 1 aromatic carbocycles. The van der Waals surface area contributed by atoms with Gasteiger partial charge in [0.1, 0.15) is 23.3 Å². The van der Waals surface area contributed by atoms with E-state index in [2.05, 4.69) is 25.3 Å². The lowest BCUT2D eigenvalue weighted by atomic mass is 10.1. The van der Waals surface area contributed by atoms with Crippen molar-refractivity contribution in [1.82, 2.24) is 28.8 Å². The molecular formula is C23H21ClF3N7O2S. The van der Waals surface area contributed by atoms with E-state index in [1.807, 2.05) is 12.1 Å². The second-order valence-electron chi connectivity index (χ2n) is 8.67. The Labute approximate surface area is 215 Å². The van der Waals surface area contributed by atoms with Crippen molar-refractivity contribution in [3.8, 4) is 17.1 Å². The van der Waals surface area contributed by atoms with Gasteiger partial charge in [-0.05, 0) is 25.0 Å². The zero-order valence-corrected chi connectivity index (χ0v) is 21.0. The van der Waals surface area contributed by atoms with Crippen LogP contribution >= 0.6 is 11.6 Å². The Kier molecular flexibility index (Phi) is 6.54. The first-order chi connectivity index (χ1) is 17.5. The molecule has 0 radical (unpaired) electrons. The van der Waals surface area contributed by atoms with E-state index in [1.165, 1.54) is 21.4 Å². The zero-order chi connectivity index (χ0) is 26.4. The maximum atomic E-state index is 13.8. The minimum Gasteiger partial charge on any atom is -0.351 e. The molecule has 0 amide bonds. The average molecular weight is 552 g/mol. The first-order valence-corrected chi connectivity index (χ1v) is 13.5. The first kappa shape index (κ1) is 25.4. The van der Waals surface area contributed by atoms with Crippen LogP contribution in [0.5, 0.6) is 0 Å². The van der Waals surface area contributed by atoms with Crippen LogP contribution in [-0.2, 0) is 16.2 Å². The number of imidazole rings is 1. The van der Waals surface area contributed by atoms with Gasteiger partial charge in [-0.3, -0.25) is 4.98 Å². The van der Waals surface area contributed by atoms with Gasteiger partial charge in [0.05, 0.1) is 22.5 Å². The summed E-state index contributed by atoms with van der Waals surface area (Å²) in [6, 6.07) is 6.99. The van der Waals surface area contributed by atoms with Crippen molar-refractivity contribution in [2.75, 3.05) is 24.7 Å². The highest BCUT2D eigenvalue weighted by Crippen LogP contribution is 2.36. The number of nitrogens with one attached hydrogen (secondary N) is 1. The molecule has 0 atom stereocenters. The van der Waals surface area contributed by atoms with E-state index in [0.717, 1.165) is 17.8 Å². The molecule has 1 aliphatic heterocycles. The number of anilines is 1. The van der Waals surface area contributed by atoms with Crippen LogP contribution in [-0.4, -0.2) is 62.6 Å². The highest BCUT2D eigenvalue weighted by Gasteiger charge is 2.36. The van der Waals surface area contributed by atoms with E-state index in [4.69, 9.17) is 11.6 Å². The number of benzene rings is 1. The molecule has 0 saturated carbocycles. The Morgan fingerprint density at radius 1 is 1.11 bits per heavy atom. The highest BCUT2D eigenvalue weighted by atomic mass is 35.5. The molecule has 4 heterocycles. The summed E-state index contributed by atoms with van der Waals surface area (Å²) < 4.78 is 67.8. The van der Waals surface area contributed by atoms with Gasteiger partial charge in [0, 0.05) is 43.1 Å². The average Bonchev–Trinajstić information content (AvgIpc) is 3.33. The van der Waals surface area contributed by atoms with Crippen molar-refractivity contribution in [2.45, 2.75) is 25.1 Å². The number of nitrogens with zero attached hydrogens (tertiary/aromatic N) is 6.